The number of aromatic nitrogens is 3. The Bertz CT molecular complexity index is 484. The van der Waals surface area contributed by atoms with Gasteiger partial charge in [0.1, 0.15) is 10.4 Å². The molecule has 0 saturated carbocycles. The summed E-state index contributed by atoms with van der Waals surface area (Å²) in [7, 11) is 0. The number of carbonyl (C=O) groups excluding carboxylic acids is 1. The van der Waals surface area contributed by atoms with E-state index in [4.69, 9.17) is 0 Å². The third-order valence-corrected chi connectivity index (χ3v) is 4.61. The number of thioether (sulfide) groups is 1. The Morgan fingerprint density at radius 3 is 3.16 bits per heavy atom. The normalized spacial score (nSPS) is 12.3. The summed E-state index contributed by atoms with van der Waals surface area (Å²) in [6.07, 6.45) is 6.21. The van der Waals surface area contributed by atoms with E-state index in [0.29, 0.717) is 6.54 Å². The van der Waals surface area contributed by atoms with Crippen molar-refractivity contribution in [1.82, 2.24) is 20.1 Å². The molecule has 5 nitrogen and oxygen atoms in total. The van der Waals surface area contributed by atoms with Crippen LogP contribution in [0.3, 0.4) is 0 Å². The lowest BCUT2D eigenvalue weighted by atomic mass is 10.3. The molecule has 0 spiro atoms. The van der Waals surface area contributed by atoms with E-state index >= 15 is 0 Å². The molecule has 7 heteroatoms. The second kappa shape index (κ2) is 7.30. The summed E-state index contributed by atoms with van der Waals surface area (Å²) in [5, 5.41) is 8.95. The summed E-state index contributed by atoms with van der Waals surface area (Å²) >= 11 is 3.37. The number of carbonyl (C=O) groups is 1. The average Bonchev–Trinajstić information content (AvgIpc) is 3.10. The summed E-state index contributed by atoms with van der Waals surface area (Å²) in [6, 6.07) is 1.55. The van der Waals surface area contributed by atoms with Crippen molar-refractivity contribution in [3.8, 4) is 0 Å². The molecule has 0 unspecified atom stereocenters. The maximum atomic E-state index is 11.8. The minimum atomic E-state index is -0.262. The molecule has 0 aliphatic heterocycles. The molecular weight excluding hydrogens is 280 g/mol. The molecule has 1 N–H and O–H groups in total. The second-order valence-electron chi connectivity index (χ2n) is 3.95. The zero-order valence-corrected chi connectivity index (χ0v) is 12.3. The monoisotopic (exact) mass is 296 g/mol. The topological polar surface area (TPSA) is 59.8 Å². The third-order valence-electron chi connectivity index (χ3n) is 2.56. The minimum absolute atomic E-state index is 0.00273. The van der Waals surface area contributed by atoms with Gasteiger partial charge >= 0.3 is 0 Å². The zero-order valence-electron chi connectivity index (χ0n) is 10.7. The number of hydrogen-bond donors (Lipinski definition) is 1. The first-order valence-electron chi connectivity index (χ1n) is 6.06. The van der Waals surface area contributed by atoms with Gasteiger partial charge in [-0.2, -0.15) is 5.10 Å². The standard InChI is InChI=1S/C12H16N4OS2/c1-10(16-7-2-5-15-16)11(17)13-4-3-8-18-12-14-6-9-19-12/h2,5-7,9-10H,3-4,8H2,1H3,(H,13,17)/t10-/m0/s1. The van der Waals surface area contributed by atoms with Gasteiger partial charge in [-0.1, -0.05) is 11.8 Å². The minimum Gasteiger partial charge on any atom is -0.354 e. The highest BCUT2D eigenvalue weighted by Gasteiger charge is 2.13. The van der Waals surface area contributed by atoms with E-state index in [1.165, 1.54) is 0 Å². The van der Waals surface area contributed by atoms with Crippen molar-refractivity contribution >= 4 is 29.0 Å². The molecule has 1 atom stereocenters. The molecule has 2 aromatic rings. The summed E-state index contributed by atoms with van der Waals surface area (Å²) in [5.74, 6) is 0.965. The van der Waals surface area contributed by atoms with E-state index in [9.17, 15) is 4.79 Å². The number of thiazole rings is 1. The van der Waals surface area contributed by atoms with E-state index in [-0.39, 0.29) is 11.9 Å². The van der Waals surface area contributed by atoms with Crippen LogP contribution < -0.4 is 5.32 Å². The molecule has 0 bridgehead atoms. The van der Waals surface area contributed by atoms with Crippen molar-refractivity contribution in [2.45, 2.75) is 23.7 Å². The van der Waals surface area contributed by atoms with Crippen LogP contribution in [0.5, 0.6) is 0 Å². The maximum absolute atomic E-state index is 11.8. The fraction of sp³-hybridized carbons (Fsp3) is 0.417. The largest absolute Gasteiger partial charge is 0.354 e. The first kappa shape index (κ1) is 14.1. The van der Waals surface area contributed by atoms with Crippen LogP contribution >= 0.6 is 23.1 Å². The van der Waals surface area contributed by atoms with Crippen molar-refractivity contribution in [1.29, 1.82) is 0 Å². The van der Waals surface area contributed by atoms with Crippen LogP contribution in [0.25, 0.3) is 0 Å². The highest BCUT2D eigenvalue weighted by Crippen LogP contribution is 2.20. The van der Waals surface area contributed by atoms with Gasteiger partial charge in [-0.05, 0) is 19.4 Å². The maximum Gasteiger partial charge on any atom is 0.244 e. The summed E-state index contributed by atoms with van der Waals surface area (Å²) in [6.45, 7) is 2.52. The molecule has 0 aromatic carbocycles. The van der Waals surface area contributed by atoms with E-state index in [0.717, 1.165) is 16.5 Å². The van der Waals surface area contributed by atoms with E-state index in [1.807, 2.05) is 18.4 Å². The highest BCUT2D eigenvalue weighted by atomic mass is 32.2. The molecule has 0 aliphatic rings. The van der Waals surface area contributed by atoms with Crippen LogP contribution in [0.2, 0.25) is 0 Å². The summed E-state index contributed by atoms with van der Waals surface area (Å²) < 4.78 is 2.73. The number of hydrogen-bond acceptors (Lipinski definition) is 5. The zero-order chi connectivity index (χ0) is 13.5. The molecule has 2 aromatic heterocycles. The van der Waals surface area contributed by atoms with E-state index in [2.05, 4.69) is 15.4 Å². The lowest BCUT2D eigenvalue weighted by molar-refractivity contribution is -0.124. The van der Waals surface area contributed by atoms with Crippen LogP contribution in [-0.2, 0) is 4.79 Å². The molecule has 1 amide bonds. The van der Waals surface area contributed by atoms with Gasteiger partial charge in [0.15, 0.2) is 0 Å². The smallest absolute Gasteiger partial charge is 0.244 e. The first-order chi connectivity index (χ1) is 9.27. The fourth-order valence-electron chi connectivity index (χ4n) is 1.50. The highest BCUT2D eigenvalue weighted by molar-refractivity contribution is 8.00. The molecule has 0 fully saturated rings. The van der Waals surface area contributed by atoms with Gasteiger partial charge in [0, 0.05) is 36.3 Å². The molecule has 2 rings (SSSR count). The number of rotatable bonds is 7. The van der Waals surface area contributed by atoms with Crippen LogP contribution in [0.1, 0.15) is 19.4 Å². The lowest BCUT2D eigenvalue weighted by Gasteiger charge is -2.12. The van der Waals surface area contributed by atoms with Crippen LogP contribution in [-0.4, -0.2) is 33.0 Å². The fourth-order valence-corrected chi connectivity index (χ4v) is 3.15. The van der Waals surface area contributed by atoms with Gasteiger partial charge in [0.2, 0.25) is 5.91 Å². The Kier molecular flexibility index (Phi) is 5.41. The van der Waals surface area contributed by atoms with Gasteiger partial charge in [-0.25, -0.2) is 4.98 Å². The predicted octanol–water partition coefficient (Wildman–Crippen LogP) is 2.20. The molecule has 0 aliphatic carbocycles. The van der Waals surface area contributed by atoms with Crippen molar-refractivity contribution < 1.29 is 4.79 Å². The van der Waals surface area contributed by atoms with Crippen molar-refractivity contribution in [2.75, 3.05) is 12.3 Å². The molecule has 2 heterocycles. The van der Waals surface area contributed by atoms with Gasteiger partial charge in [0.05, 0.1) is 0 Å². The van der Waals surface area contributed by atoms with Gasteiger partial charge in [-0.15, -0.1) is 11.3 Å². The molecule has 0 saturated heterocycles. The summed E-state index contributed by atoms with van der Waals surface area (Å²) in [5.41, 5.74) is 0. The molecule has 19 heavy (non-hydrogen) atoms. The Balaban J connectivity index is 1.61. The van der Waals surface area contributed by atoms with Crippen molar-refractivity contribution in [3.63, 3.8) is 0 Å². The Morgan fingerprint density at radius 1 is 1.58 bits per heavy atom. The van der Waals surface area contributed by atoms with Crippen molar-refractivity contribution in [2.24, 2.45) is 0 Å². The SMILES string of the molecule is C[C@@H](C(=O)NCCCSc1nccs1)n1cccn1. The third kappa shape index (κ3) is 4.36. The molecule has 102 valence electrons. The Hall–Kier alpha value is -1.34. The number of nitrogens with one attached hydrogen (secondary N) is 1. The van der Waals surface area contributed by atoms with E-state index < -0.39 is 0 Å². The van der Waals surface area contributed by atoms with Crippen LogP contribution in [0.4, 0.5) is 0 Å². The first-order valence-corrected chi connectivity index (χ1v) is 7.93. The Labute approximate surface area is 120 Å². The van der Waals surface area contributed by atoms with Gasteiger partial charge in [-0.3, -0.25) is 9.48 Å². The van der Waals surface area contributed by atoms with Gasteiger partial charge < -0.3 is 5.32 Å². The van der Waals surface area contributed by atoms with E-state index in [1.54, 1.807) is 46.4 Å². The van der Waals surface area contributed by atoms with Crippen LogP contribution in [0.15, 0.2) is 34.4 Å². The lowest BCUT2D eigenvalue weighted by Crippen LogP contribution is -2.32. The Morgan fingerprint density at radius 2 is 2.47 bits per heavy atom. The predicted molar refractivity (Wildman–Crippen MR) is 77.4 cm³/mol. The number of amides is 1. The average molecular weight is 296 g/mol. The molecule has 0 radical (unpaired) electrons. The quantitative estimate of drug-likeness (QED) is 0.628. The molecular formula is C12H16N4OS2. The van der Waals surface area contributed by atoms with Crippen LogP contribution in [0, 0.1) is 0 Å². The van der Waals surface area contributed by atoms with Crippen molar-refractivity contribution in [3.05, 3.63) is 30.0 Å². The number of nitrogens with zero attached hydrogens (tertiary/aromatic N) is 3. The van der Waals surface area contributed by atoms with Gasteiger partial charge in [0.25, 0.3) is 0 Å². The summed E-state index contributed by atoms with van der Waals surface area (Å²) in [4.78, 5) is 16.0. The second-order valence-corrected chi connectivity index (χ2v) is 6.19.